The van der Waals surface area contributed by atoms with Crippen molar-refractivity contribution in [1.82, 2.24) is 9.21 Å². The SMILES string of the molecule is CCN1CCN(S(=O)(=O)c2ccc(NC(=O)c3ccc(C4SCCS4)cc3)cc2)CC1. The lowest BCUT2D eigenvalue weighted by Gasteiger charge is -2.33. The Balaban J connectivity index is 1.38. The Morgan fingerprint density at radius 3 is 2.16 bits per heavy atom. The van der Waals surface area contributed by atoms with Gasteiger partial charge >= 0.3 is 0 Å². The van der Waals surface area contributed by atoms with Crippen LogP contribution < -0.4 is 5.32 Å². The van der Waals surface area contributed by atoms with E-state index in [1.54, 1.807) is 24.3 Å². The number of benzene rings is 2. The molecule has 2 aliphatic heterocycles. The Morgan fingerprint density at radius 1 is 0.968 bits per heavy atom. The van der Waals surface area contributed by atoms with Crippen LogP contribution in [0, 0.1) is 0 Å². The first-order valence-corrected chi connectivity index (χ1v) is 14.0. The number of piperazine rings is 1. The van der Waals surface area contributed by atoms with Crippen molar-refractivity contribution in [3.05, 3.63) is 59.7 Å². The number of amides is 1. The average molecular weight is 478 g/mol. The minimum atomic E-state index is -3.51. The molecule has 0 aromatic heterocycles. The van der Waals surface area contributed by atoms with E-state index in [9.17, 15) is 13.2 Å². The number of thioether (sulfide) groups is 2. The van der Waals surface area contributed by atoms with Gasteiger partial charge in [-0.15, -0.1) is 23.5 Å². The van der Waals surface area contributed by atoms with Gasteiger partial charge in [0.15, 0.2) is 0 Å². The van der Waals surface area contributed by atoms with Crippen molar-refractivity contribution in [2.75, 3.05) is 49.5 Å². The molecule has 0 radical (unpaired) electrons. The van der Waals surface area contributed by atoms with Crippen LogP contribution in [0.2, 0.25) is 0 Å². The van der Waals surface area contributed by atoms with Gasteiger partial charge in [-0.2, -0.15) is 4.31 Å². The number of anilines is 1. The zero-order valence-electron chi connectivity index (χ0n) is 17.5. The molecule has 2 aromatic carbocycles. The molecule has 4 rings (SSSR count). The van der Waals surface area contributed by atoms with Gasteiger partial charge in [0.2, 0.25) is 10.0 Å². The summed E-state index contributed by atoms with van der Waals surface area (Å²) in [4.78, 5) is 15.1. The Hall–Kier alpha value is -1.52. The van der Waals surface area contributed by atoms with E-state index in [2.05, 4.69) is 17.1 Å². The molecular formula is C22H27N3O3S3. The number of sulfonamides is 1. The second kappa shape index (κ2) is 9.95. The van der Waals surface area contributed by atoms with E-state index in [1.165, 1.54) is 9.87 Å². The molecule has 0 aliphatic carbocycles. The van der Waals surface area contributed by atoms with Crippen LogP contribution in [0.25, 0.3) is 0 Å². The number of likely N-dealkylation sites (N-methyl/N-ethyl adjacent to an activating group) is 1. The summed E-state index contributed by atoms with van der Waals surface area (Å²) < 4.78 is 27.8. The molecular weight excluding hydrogens is 450 g/mol. The lowest BCUT2D eigenvalue weighted by atomic mass is 10.1. The summed E-state index contributed by atoms with van der Waals surface area (Å²) in [7, 11) is -3.51. The quantitative estimate of drug-likeness (QED) is 0.684. The molecule has 1 amide bonds. The largest absolute Gasteiger partial charge is 0.322 e. The van der Waals surface area contributed by atoms with E-state index >= 15 is 0 Å². The van der Waals surface area contributed by atoms with E-state index in [1.807, 2.05) is 47.8 Å². The molecule has 2 aliphatic rings. The maximum Gasteiger partial charge on any atom is 0.255 e. The molecule has 0 unspecified atom stereocenters. The van der Waals surface area contributed by atoms with E-state index < -0.39 is 10.0 Å². The normalized spacial score (nSPS) is 18.9. The molecule has 0 bridgehead atoms. The molecule has 2 fully saturated rings. The highest BCUT2D eigenvalue weighted by atomic mass is 32.2. The van der Waals surface area contributed by atoms with E-state index in [4.69, 9.17) is 0 Å². The molecule has 6 nitrogen and oxygen atoms in total. The average Bonchev–Trinajstić information content (AvgIpc) is 3.34. The summed E-state index contributed by atoms with van der Waals surface area (Å²) in [5.41, 5.74) is 2.39. The third-order valence-corrected chi connectivity index (χ3v) is 10.6. The number of hydrogen-bond acceptors (Lipinski definition) is 6. The summed E-state index contributed by atoms with van der Waals surface area (Å²) in [5, 5.41) is 2.85. The Labute approximate surface area is 192 Å². The van der Waals surface area contributed by atoms with Crippen LogP contribution in [0.5, 0.6) is 0 Å². The van der Waals surface area contributed by atoms with Crippen molar-refractivity contribution in [3.63, 3.8) is 0 Å². The molecule has 0 atom stereocenters. The summed E-state index contributed by atoms with van der Waals surface area (Å²) in [6, 6.07) is 14.1. The number of nitrogens with one attached hydrogen (secondary N) is 1. The van der Waals surface area contributed by atoms with Crippen molar-refractivity contribution in [2.24, 2.45) is 0 Å². The smallest absolute Gasteiger partial charge is 0.255 e. The first kappa shape index (κ1) is 22.7. The van der Waals surface area contributed by atoms with Gasteiger partial charge in [0.05, 0.1) is 9.48 Å². The third-order valence-electron chi connectivity index (χ3n) is 5.60. The van der Waals surface area contributed by atoms with Crippen LogP contribution in [0.1, 0.15) is 27.4 Å². The Kier molecular flexibility index (Phi) is 7.28. The minimum Gasteiger partial charge on any atom is -0.322 e. The number of nitrogens with zero attached hydrogens (tertiary/aromatic N) is 2. The Bertz CT molecular complexity index is 997. The zero-order chi connectivity index (χ0) is 21.8. The van der Waals surface area contributed by atoms with Gasteiger partial charge in [0.1, 0.15) is 0 Å². The highest BCUT2D eigenvalue weighted by Crippen LogP contribution is 2.45. The summed E-state index contributed by atoms with van der Waals surface area (Å²) in [6.07, 6.45) is 0. The van der Waals surface area contributed by atoms with Gasteiger partial charge in [-0.25, -0.2) is 8.42 Å². The summed E-state index contributed by atoms with van der Waals surface area (Å²) >= 11 is 3.87. The predicted octanol–water partition coefficient (Wildman–Crippen LogP) is 3.74. The van der Waals surface area contributed by atoms with Crippen LogP contribution in [-0.4, -0.2) is 67.8 Å². The minimum absolute atomic E-state index is 0.204. The molecule has 166 valence electrons. The monoisotopic (exact) mass is 477 g/mol. The van der Waals surface area contributed by atoms with Crippen molar-refractivity contribution < 1.29 is 13.2 Å². The second-order valence-electron chi connectivity index (χ2n) is 7.51. The van der Waals surface area contributed by atoms with Gasteiger partial charge in [0.25, 0.3) is 5.91 Å². The highest BCUT2D eigenvalue weighted by Gasteiger charge is 2.28. The van der Waals surface area contributed by atoms with Crippen LogP contribution in [0.4, 0.5) is 5.69 Å². The topological polar surface area (TPSA) is 69.7 Å². The lowest BCUT2D eigenvalue weighted by Crippen LogP contribution is -2.48. The van der Waals surface area contributed by atoms with E-state index in [0.717, 1.165) is 31.1 Å². The van der Waals surface area contributed by atoms with Crippen LogP contribution in [0.15, 0.2) is 53.4 Å². The van der Waals surface area contributed by atoms with Crippen molar-refractivity contribution in [3.8, 4) is 0 Å². The van der Waals surface area contributed by atoms with Gasteiger partial charge in [-0.05, 0) is 48.5 Å². The van der Waals surface area contributed by atoms with Gasteiger partial charge in [-0.3, -0.25) is 4.79 Å². The second-order valence-corrected chi connectivity index (χ2v) is 12.2. The fraction of sp³-hybridized carbons (Fsp3) is 0.409. The standard InChI is InChI=1S/C22H27N3O3S3/c1-2-24-11-13-25(14-12-24)31(27,28)20-9-7-19(8-10-20)23-21(26)17-3-5-18(6-4-17)22-29-15-16-30-22/h3-10,22H,2,11-16H2,1H3,(H,23,26). The van der Waals surface area contributed by atoms with E-state index in [-0.39, 0.29) is 10.8 Å². The molecule has 2 heterocycles. The Morgan fingerprint density at radius 2 is 1.58 bits per heavy atom. The molecule has 9 heteroatoms. The first-order chi connectivity index (χ1) is 15.0. The first-order valence-electron chi connectivity index (χ1n) is 10.4. The van der Waals surface area contributed by atoms with Crippen molar-refractivity contribution >= 4 is 45.1 Å². The summed E-state index contributed by atoms with van der Waals surface area (Å²) in [6.45, 7) is 5.52. The summed E-state index contributed by atoms with van der Waals surface area (Å²) in [5.74, 6) is 2.13. The highest BCUT2D eigenvalue weighted by molar-refractivity contribution is 8.19. The van der Waals surface area contributed by atoms with Crippen LogP contribution >= 0.6 is 23.5 Å². The predicted molar refractivity (Wildman–Crippen MR) is 129 cm³/mol. The van der Waals surface area contributed by atoms with Crippen LogP contribution in [0.3, 0.4) is 0 Å². The van der Waals surface area contributed by atoms with Gasteiger partial charge in [-0.1, -0.05) is 19.1 Å². The van der Waals surface area contributed by atoms with Crippen LogP contribution in [-0.2, 0) is 10.0 Å². The third kappa shape index (κ3) is 5.28. The molecule has 1 N–H and O–H groups in total. The van der Waals surface area contributed by atoms with Crippen molar-refractivity contribution in [2.45, 2.75) is 16.4 Å². The number of carbonyl (C=O) groups is 1. The van der Waals surface area contributed by atoms with Crippen molar-refractivity contribution in [1.29, 1.82) is 0 Å². The number of carbonyl (C=O) groups excluding carboxylic acids is 1. The zero-order valence-corrected chi connectivity index (χ0v) is 19.9. The van der Waals surface area contributed by atoms with Gasteiger partial charge in [0, 0.05) is 48.9 Å². The number of rotatable bonds is 6. The maximum absolute atomic E-state index is 12.9. The fourth-order valence-electron chi connectivity index (χ4n) is 3.69. The molecule has 0 saturated carbocycles. The maximum atomic E-state index is 12.9. The lowest BCUT2D eigenvalue weighted by molar-refractivity contribution is 0.102. The molecule has 2 aromatic rings. The molecule has 0 spiro atoms. The number of hydrogen-bond donors (Lipinski definition) is 1. The van der Waals surface area contributed by atoms with Gasteiger partial charge < -0.3 is 10.2 Å². The molecule has 31 heavy (non-hydrogen) atoms. The van der Waals surface area contributed by atoms with E-state index in [0.29, 0.717) is 28.9 Å². The fourth-order valence-corrected chi connectivity index (χ4v) is 7.97. The molecule has 2 saturated heterocycles.